The van der Waals surface area contributed by atoms with Gasteiger partial charge in [-0.1, -0.05) is 6.58 Å². The Kier molecular flexibility index (Phi) is 5.65. The summed E-state index contributed by atoms with van der Waals surface area (Å²) in [6, 6.07) is 0. The summed E-state index contributed by atoms with van der Waals surface area (Å²) in [6.45, 7) is 0.934. The van der Waals surface area contributed by atoms with E-state index in [2.05, 4.69) is 11.3 Å². The topological polar surface area (TPSA) is 130 Å². The van der Waals surface area contributed by atoms with Gasteiger partial charge in [0.05, 0.1) is 25.2 Å². The number of hydrogen-bond acceptors (Lipinski definition) is 6. The number of primary amides is 1. The van der Waals surface area contributed by atoms with Crippen LogP contribution in [0.4, 0.5) is 0 Å². The van der Waals surface area contributed by atoms with Crippen LogP contribution in [0.2, 0.25) is 0 Å². The number of carbonyl (C=O) groups excluding carboxylic acids is 2. The van der Waals surface area contributed by atoms with Crippen molar-refractivity contribution in [2.75, 3.05) is 26.4 Å². The molecule has 7 nitrogen and oxygen atoms in total. The van der Waals surface area contributed by atoms with E-state index in [0.29, 0.717) is 0 Å². The Hall–Kier alpha value is -1.44. The molecule has 0 spiro atoms. The lowest BCUT2D eigenvalue weighted by molar-refractivity contribution is -0.147. The summed E-state index contributed by atoms with van der Waals surface area (Å²) in [7, 11) is 0. The van der Waals surface area contributed by atoms with E-state index in [-0.39, 0.29) is 0 Å². The van der Waals surface area contributed by atoms with E-state index in [9.17, 15) is 9.59 Å². The molecule has 0 saturated carbocycles. The molecule has 1 amide bonds. The lowest BCUT2D eigenvalue weighted by Crippen LogP contribution is -2.40. The van der Waals surface area contributed by atoms with Crippen molar-refractivity contribution in [3.8, 4) is 0 Å². The molecule has 0 rings (SSSR count). The van der Waals surface area contributed by atoms with Crippen LogP contribution in [0, 0.1) is 5.41 Å². The Morgan fingerprint density at radius 1 is 1.19 bits per heavy atom. The van der Waals surface area contributed by atoms with Crippen LogP contribution in [-0.2, 0) is 14.3 Å². The first kappa shape index (κ1) is 14.6. The quantitative estimate of drug-likeness (QED) is 0.167. The minimum absolute atomic E-state index is 0.443. The van der Waals surface area contributed by atoms with E-state index < -0.39 is 49.3 Å². The van der Waals surface area contributed by atoms with Gasteiger partial charge >= 0.3 is 5.97 Å². The van der Waals surface area contributed by atoms with Gasteiger partial charge in [-0.25, -0.2) is 4.79 Å². The zero-order valence-corrected chi connectivity index (χ0v) is 8.68. The lowest BCUT2D eigenvalue weighted by atomic mass is 9.93. The molecule has 0 unspecified atom stereocenters. The number of amides is 1. The molecular formula is C9H15NO6. The largest absolute Gasteiger partial charge is 0.461 e. The van der Waals surface area contributed by atoms with Gasteiger partial charge in [-0.3, -0.25) is 4.79 Å². The monoisotopic (exact) mass is 233 g/mol. The maximum Gasteiger partial charge on any atom is 0.343 e. The van der Waals surface area contributed by atoms with Crippen molar-refractivity contribution in [3.63, 3.8) is 0 Å². The van der Waals surface area contributed by atoms with E-state index in [0.717, 1.165) is 0 Å². The summed E-state index contributed by atoms with van der Waals surface area (Å²) in [6.07, 6.45) is 0. The fraction of sp³-hybridized carbons (Fsp3) is 0.556. The van der Waals surface area contributed by atoms with Crippen LogP contribution in [0.5, 0.6) is 0 Å². The molecule has 0 aromatic carbocycles. The highest BCUT2D eigenvalue weighted by atomic mass is 16.5. The fourth-order valence-corrected chi connectivity index (χ4v) is 0.693. The molecule has 0 heterocycles. The first-order chi connectivity index (χ1) is 7.42. The molecule has 0 aliphatic carbocycles. The van der Waals surface area contributed by atoms with Crippen molar-refractivity contribution in [3.05, 3.63) is 12.2 Å². The van der Waals surface area contributed by atoms with Crippen LogP contribution >= 0.6 is 0 Å². The molecule has 92 valence electrons. The SMILES string of the molecule is C=C(C(N)=O)C(=O)OCC(CO)(CO)CO. The van der Waals surface area contributed by atoms with E-state index in [1.54, 1.807) is 0 Å². The molecule has 0 fully saturated rings. The van der Waals surface area contributed by atoms with Crippen molar-refractivity contribution >= 4 is 11.9 Å². The third-order valence-electron chi connectivity index (χ3n) is 2.06. The molecule has 5 N–H and O–H groups in total. The van der Waals surface area contributed by atoms with Crippen LogP contribution in [0.3, 0.4) is 0 Å². The summed E-state index contributed by atoms with van der Waals surface area (Å²) in [5.41, 5.74) is 2.91. The first-order valence-electron chi connectivity index (χ1n) is 4.41. The van der Waals surface area contributed by atoms with Crippen LogP contribution in [-0.4, -0.2) is 53.6 Å². The standard InChI is InChI=1S/C9H15NO6/c1-6(7(10)14)8(15)16-5-9(2-11,3-12)4-13/h11-13H,1-5H2,(H2,10,14). The van der Waals surface area contributed by atoms with Gasteiger partial charge in [0, 0.05) is 0 Å². The number of hydrogen-bond donors (Lipinski definition) is 4. The molecule has 0 atom stereocenters. The average Bonchev–Trinajstić information content (AvgIpc) is 2.30. The highest BCUT2D eigenvalue weighted by Crippen LogP contribution is 2.15. The van der Waals surface area contributed by atoms with Gasteiger partial charge in [-0.15, -0.1) is 0 Å². The average molecular weight is 233 g/mol. The number of carbonyl (C=O) groups is 2. The third kappa shape index (κ3) is 3.61. The van der Waals surface area contributed by atoms with E-state index in [1.165, 1.54) is 0 Å². The summed E-state index contributed by atoms with van der Waals surface area (Å²) in [4.78, 5) is 21.7. The van der Waals surface area contributed by atoms with Gasteiger partial charge in [0.15, 0.2) is 0 Å². The second-order valence-corrected chi connectivity index (χ2v) is 3.39. The second kappa shape index (κ2) is 6.21. The normalized spacial score (nSPS) is 10.9. The maximum atomic E-state index is 11.1. The van der Waals surface area contributed by atoms with Crippen LogP contribution in [0.25, 0.3) is 0 Å². The number of aliphatic hydroxyl groups is 3. The highest BCUT2D eigenvalue weighted by Gasteiger charge is 2.30. The van der Waals surface area contributed by atoms with Crippen molar-refractivity contribution in [2.24, 2.45) is 11.1 Å². The summed E-state index contributed by atoms with van der Waals surface area (Å²) < 4.78 is 4.58. The van der Waals surface area contributed by atoms with Gasteiger partial charge in [0.25, 0.3) is 5.91 Å². The minimum atomic E-state index is -1.34. The van der Waals surface area contributed by atoms with Crippen LogP contribution in [0.15, 0.2) is 12.2 Å². The number of aliphatic hydroxyl groups excluding tert-OH is 3. The predicted molar refractivity (Wildman–Crippen MR) is 53.0 cm³/mol. The van der Waals surface area contributed by atoms with Gasteiger partial charge < -0.3 is 25.8 Å². The van der Waals surface area contributed by atoms with Gasteiger partial charge in [-0.2, -0.15) is 0 Å². The molecule has 16 heavy (non-hydrogen) atoms. The summed E-state index contributed by atoms with van der Waals surface area (Å²) in [5, 5.41) is 26.7. The predicted octanol–water partition coefficient (Wildman–Crippen LogP) is -2.47. The summed E-state index contributed by atoms with van der Waals surface area (Å²) >= 11 is 0. The maximum absolute atomic E-state index is 11.1. The third-order valence-corrected chi connectivity index (χ3v) is 2.06. The minimum Gasteiger partial charge on any atom is -0.461 e. The molecule has 0 bridgehead atoms. The first-order valence-corrected chi connectivity index (χ1v) is 4.41. The van der Waals surface area contributed by atoms with Crippen molar-refractivity contribution < 1.29 is 29.6 Å². The molecule has 0 saturated heterocycles. The van der Waals surface area contributed by atoms with E-state index >= 15 is 0 Å². The van der Waals surface area contributed by atoms with Crippen LogP contribution < -0.4 is 5.73 Å². The summed E-state index contributed by atoms with van der Waals surface area (Å²) in [5.74, 6) is -2.07. The molecule has 0 radical (unpaired) electrons. The Morgan fingerprint density at radius 3 is 1.94 bits per heavy atom. The Morgan fingerprint density at radius 2 is 1.62 bits per heavy atom. The lowest BCUT2D eigenvalue weighted by Gasteiger charge is -2.26. The zero-order valence-electron chi connectivity index (χ0n) is 8.68. The number of nitrogens with two attached hydrogens (primary N) is 1. The highest BCUT2D eigenvalue weighted by molar-refractivity contribution is 6.15. The number of ether oxygens (including phenoxy) is 1. The Balaban J connectivity index is 4.38. The van der Waals surface area contributed by atoms with Crippen molar-refractivity contribution in [1.82, 2.24) is 0 Å². The second-order valence-electron chi connectivity index (χ2n) is 3.39. The smallest absolute Gasteiger partial charge is 0.343 e. The van der Waals surface area contributed by atoms with Crippen LogP contribution in [0.1, 0.15) is 0 Å². The molecule has 0 aliphatic heterocycles. The molecule has 0 aromatic heterocycles. The number of esters is 1. The Labute approximate surface area is 92.1 Å². The van der Waals surface area contributed by atoms with Gasteiger partial charge in [-0.05, 0) is 0 Å². The van der Waals surface area contributed by atoms with Crippen molar-refractivity contribution in [1.29, 1.82) is 0 Å². The number of rotatable bonds is 7. The van der Waals surface area contributed by atoms with Gasteiger partial charge in [0.2, 0.25) is 0 Å². The fourth-order valence-electron chi connectivity index (χ4n) is 0.693. The Bertz CT molecular complexity index is 275. The zero-order chi connectivity index (χ0) is 12.8. The molecular weight excluding hydrogens is 218 g/mol. The van der Waals surface area contributed by atoms with Gasteiger partial charge in [0.1, 0.15) is 12.2 Å². The van der Waals surface area contributed by atoms with E-state index in [1.807, 2.05) is 0 Å². The van der Waals surface area contributed by atoms with Crippen molar-refractivity contribution in [2.45, 2.75) is 0 Å². The molecule has 0 aliphatic rings. The molecule has 7 heteroatoms. The van der Waals surface area contributed by atoms with E-state index in [4.69, 9.17) is 21.1 Å². The molecule has 0 aromatic rings.